The Morgan fingerprint density at radius 1 is 1.16 bits per heavy atom. The van der Waals surface area contributed by atoms with E-state index in [0.29, 0.717) is 34.2 Å². The number of carbonyl (C=O) groups excluding carboxylic acids is 2. The molecule has 3 N–H and O–H groups in total. The number of ether oxygens (including phenoxy) is 1. The molecule has 1 heterocycles. The zero-order valence-corrected chi connectivity index (χ0v) is 19.2. The third-order valence-corrected chi connectivity index (χ3v) is 6.21. The summed E-state index contributed by atoms with van der Waals surface area (Å²) in [4.78, 5) is 26.7. The number of hydrogen-bond acceptors (Lipinski definition) is 7. The van der Waals surface area contributed by atoms with Gasteiger partial charge in [-0.05, 0) is 55.3 Å². The summed E-state index contributed by atoms with van der Waals surface area (Å²) in [6.07, 6.45) is 4.17. The number of carbonyl (C=O) groups is 2. The Bertz CT molecular complexity index is 1040. The summed E-state index contributed by atoms with van der Waals surface area (Å²) in [5, 5.41) is 22.2. The number of phenolic OH excluding ortho intramolecular Hbond substituents is 2. The zero-order chi connectivity index (χ0) is 23.1. The molecule has 0 saturated carbocycles. The number of methoxy groups -OCH3 is 1. The monoisotopic (exact) mass is 472 g/mol. The fourth-order valence-electron chi connectivity index (χ4n) is 3.12. The van der Waals surface area contributed by atoms with Crippen molar-refractivity contribution in [1.29, 1.82) is 0 Å². The lowest BCUT2D eigenvalue weighted by Crippen LogP contribution is -2.29. The van der Waals surface area contributed by atoms with Gasteiger partial charge in [-0.15, -0.1) is 0 Å². The first-order chi connectivity index (χ1) is 15.4. The molecular weight excluding hydrogens is 448 g/mol. The Kier molecular flexibility index (Phi) is 8.13. The number of anilines is 1. The molecule has 0 spiro atoms. The number of benzene rings is 2. The number of thioether (sulfide) groups is 1. The van der Waals surface area contributed by atoms with Crippen molar-refractivity contribution in [2.24, 2.45) is 0 Å². The minimum atomic E-state index is -0.204. The van der Waals surface area contributed by atoms with Gasteiger partial charge < -0.3 is 20.3 Å². The molecule has 0 aromatic heterocycles. The van der Waals surface area contributed by atoms with Crippen LogP contribution >= 0.6 is 24.0 Å². The highest BCUT2D eigenvalue weighted by Gasteiger charge is 2.31. The third kappa shape index (κ3) is 6.24. The second-order valence-corrected chi connectivity index (χ2v) is 8.84. The predicted octanol–water partition coefficient (Wildman–Crippen LogP) is 4.51. The molecule has 168 valence electrons. The van der Waals surface area contributed by atoms with E-state index in [9.17, 15) is 19.8 Å². The van der Waals surface area contributed by atoms with E-state index in [1.807, 2.05) is 0 Å². The van der Waals surface area contributed by atoms with Crippen LogP contribution in [0.4, 0.5) is 5.69 Å². The SMILES string of the molecule is COc1ccc(NC(=O)CCCCCN2C(=O)/C(=C/c3ccc(O)cc3O)SC2=S)cc1. The highest BCUT2D eigenvalue weighted by atomic mass is 32.2. The molecule has 3 rings (SSSR count). The first kappa shape index (κ1) is 23.6. The van der Waals surface area contributed by atoms with Crippen molar-refractivity contribution in [1.82, 2.24) is 4.90 Å². The molecular formula is C23H24N2O5S2. The van der Waals surface area contributed by atoms with Crippen LogP contribution in [0.2, 0.25) is 0 Å². The van der Waals surface area contributed by atoms with E-state index in [0.717, 1.165) is 24.3 Å². The quantitative estimate of drug-likeness (QED) is 0.281. The van der Waals surface area contributed by atoms with Gasteiger partial charge in [0, 0.05) is 30.3 Å². The van der Waals surface area contributed by atoms with Crippen LogP contribution < -0.4 is 10.1 Å². The standard InChI is InChI=1S/C23H24N2O5S2/c1-30-18-10-7-16(8-11-18)24-21(28)5-3-2-4-12-25-22(29)20(32-23(25)31)13-15-6-9-17(26)14-19(15)27/h6-11,13-14,26-27H,2-5,12H2,1H3,(H,24,28)/b20-13-. The zero-order valence-electron chi connectivity index (χ0n) is 17.5. The van der Waals surface area contributed by atoms with Gasteiger partial charge in [0.1, 0.15) is 21.6 Å². The lowest BCUT2D eigenvalue weighted by atomic mass is 10.1. The van der Waals surface area contributed by atoms with E-state index in [-0.39, 0.29) is 23.3 Å². The van der Waals surface area contributed by atoms with E-state index >= 15 is 0 Å². The molecule has 9 heteroatoms. The van der Waals surface area contributed by atoms with Crippen LogP contribution in [0.5, 0.6) is 17.2 Å². The van der Waals surface area contributed by atoms with Crippen LogP contribution in [0.25, 0.3) is 6.08 Å². The Balaban J connectivity index is 1.42. The Hall–Kier alpha value is -3.04. The summed E-state index contributed by atoms with van der Waals surface area (Å²) in [6, 6.07) is 11.3. The smallest absolute Gasteiger partial charge is 0.266 e. The number of amides is 2. The van der Waals surface area contributed by atoms with E-state index in [2.05, 4.69) is 5.32 Å². The van der Waals surface area contributed by atoms with E-state index in [1.54, 1.807) is 42.4 Å². The summed E-state index contributed by atoms with van der Waals surface area (Å²) < 4.78 is 5.56. The number of nitrogens with zero attached hydrogens (tertiary/aromatic N) is 1. The third-order valence-electron chi connectivity index (χ3n) is 4.83. The average molecular weight is 473 g/mol. The lowest BCUT2D eigenvalue weighted by Gasteiger charge is -2.14. The molecule has 2 amide bonds. The van der Waals surface area contributed by atoms with Crippen LogP contribution in [0.15, 0.2) is 47.4 Å². The Morgan fingerprint density at radius 3 is 2.59 bits per heavy atom. The van der Waals surface area contributed by atoms with Gasteiger partial charge in [0.05, 0.1) is 12.0 Å². The number of nitrogens with one attached hydrogen (secondary N) is 1. The first-order valence-electron chi connectivity index (χ1n) is 10.1. The first-order valence-corrected chi connectivity index (χ1v) is 11.3. The maximum absolute atomic E-state index is 12.7. The van der Waals surface area contributed by atoms with Gasteiger partial charge in [0.25, 0.3) is 5.91 Å². The molecule has 0 unspecified atom stereocenters. The summed E-state index contributed by atoms with van der Waals surface area (Å²) in [5.41, 5.74) is 1.16. The van der Waals surface area contributed by atoms with Crippen LogP contribution in [0.1, 0.15) is 31.2 Å². The number of aromatic hydroxyl groups is 2. The fraction of sp³-hybridized carbons (Fsp3) is 0.261. The molecule has 0 atom stereocenters. The van der Waals surface area contributed by atoms with Crippen molar-refractivity contribution in [2.45, 2.75) is 25.7 Å². The van der Waals surface area contributed by atoms with Gasteiger partial charge in [-0.1, -0.05) is 30.4 Å². The van der Waals surface area contributed by atoms with Gasteiger partial charge in [-0.25, -0.2) is 0 Å². The van der Waals surface area contributed by atoms with Crippen LogP contribution in [0, 0.1) is 0 Å². The maximum atomic E-state index is 12.7. The number of rotatable bonds is 9. The van der Waals surface area contributed by atoms with Crippen LogP contribution in [-0.2, 0) is 9.59 Å². The topological polar surface area (TPSA) is 99.1 Å². The summed E-state index contributed by atoms with van der Waals surface area (Å²) in [6.45, 7) is 0.476. The number of phenols is 2. The normalized spacial score (nSPS) is 14.8. The van der Waals surface area contributed by atoms with Crippen molar-refractivity contribution in [3.8, 4) is 17.2 Å². The second kappa shape index (κ2) is 11.0. The van der Waals surface area contributed by atoms with Crippen molar-refractivity contribution in [3.05, 3.63) is 52.9 Å². The molecule has 1 aliphatic heterocycles. The number of thiocarbonyl (C=S) groups is 1. The van der Waals surface area contributed by atoms with E-state index in [1.165, 1.54) is 30.0 Å². The summed E-state index contributed by atoms with van der Waals surface area (Å²) in [7, 11) is 1.59. The summed E-state index contributed by atoms with van der Waals surface area (Å²) >= 11 is 6.51. The molecule has 2 aromatic rings. The van der Waals surface area contributed by atoms with E-state index in [4.69, 9.17) is 17.0 Å². The maximum Gasteiger partial charge on any atom is 0.266 e. The summed E-state index contributed by atoms with van der Waals surface area (Å²) in [5.74, 6) is 0.309. The molecule has 0 radical (unpaired) electrons. The van der Waals surface area contributed by atoms with Gasteiger partial charge in [-0.3, -0.25) is 14.5 Å². The molecule has 2 aromatic carbocycles. The van der Waals surface area contributed by atoms with E-state index < -0.39 is 0 Å². The second-order valence-electron chi connectivity index (χ2n) is 7.16. The Morgan fingerprint density at radius 2 is 1.91 bits per heavy atom. The van der Waals surface area contributed by atoms with Gasteiger partial charge in [-0.2, -0.15) is 0 Å². The average Bonchev–Trinajstić information content (AvgIpc) is 3.03. The van der Waals surface area contributed by atoms with Crippen molar-refractivity contribution in [2.75, 3.05) is 19.0 Å². The molecule has 1 fully saturated rings. The molecule has 1 saturated heterocycles. The minimum Gasteiger partial charge on any atom is -0.508 e. The number of hydrogen-bond donors (Lipinski definition) is 3. The highest BCUT2D eigenvalue weighted by molar-refractivity contribution is 8.26. The molecule has 32 heavy (non-hydrogen) atoms. The van der Waals surface area contributed by atoms with Gasteiger partial charge in [0.15, 0.2) is 0 Å². The van der Waals surface area contributed by atoms with Crippen LogP contribution in [0.3, 0.4) is 0 Å². The van der Waals surface area contributed by atoms with Crippen molar-refractivity contribution < 1.29 is 24.5 Å². The minimum absolute atomic E-state index is 0.0510. The predicted molar refractivity (Wildman–Crippen MR) is 130 cm³/mol. The Labute approximate surface area is 196 Å². The van der Waals surface area contributed by atoms with Gasteiger partial charge in [0.2, 0.25) is 5.91 Å². The molecule has 0 aliphatic carbocycles. The lowest BCUT2D eigenvalue weighted by molar-refractivity contribution is -0.122. The van der Waals surface area contributed by atoms with Crippen LogP contribution in [-0.4, -0.2) is 44.9 Å². The van der Waals surface area contributed by atoms with Crippen molar-refractivity contribution in [3.63, 3.8) is 0 Å². The molecule has 0 bridgehead atoms. The van der Waals surface area contributed by atoms with Crippen molar-refractivity contribution >= 4 is 51.9 Å². The molecule has 1 aliphatic rings. The fourth-order valence-corrected chi connectivity index (χ4v) is 4.42. The molecule has 7 nitrogen and oxygen atoms in total. The number of unbranched alkanes of at least 4 members (excludes halogenated alkanes) is 2. The largest absolute Gasteiger partial charge is 0.508 e. The highest BCUT2D eigenvalue weighted by Crippen LogP contribution is 2.35. The van der Waals surface area contributed by atoms with Gasteiger partial charge >= 0.3 is 0 Å².